The zero-order chi connectivity index (χ0) is 11.4. The summed E-state index contributed by atoms with van der Waals surface area (Å²) in [5.74, 6) is -0.145. The highest BCUT2D eigenvalue weighted by Gasteiger charge is 2.34. The van der Waals surface area contributed by atoms with Crippen molar-refractivity contribution in [2.24, 2.45) is 0 Å². The van der Waals surface area contributed by atoms with E-state index < -0.39 is 5.60 Å². The average molecular weight is 237 g/mol. The van der Waals surface area contributed by atoms with Crippen LogP contribution in [0.25, 0.3) is 6.08 Å². The fourth-order valence-electron chi connectivity index (χ4n) is 1.62. The highest BCUT2D eigenvalue weighted by atomic mass is 32.1. The molecule has 0 saturated heterocycles. The molecule has 1 aliphatic carbocycles. The van der Waals surface area contributed by atoms with Gasteiger partial charge in [-0.25, -0.2) is 0 Å². The summed E-state index contributed by atoms with van der Waals surface area (Å²) in [4.78, 5) is 12.5. The molecule has 0 spiro atoms. The summed E-state index contributed by atoms with van der Waals surface area (Å²) in [7, 11) is 0. The molecule has 0 unspecified atom stereocenters. The quantitative estimate of drug-likeness (QED) is 0.784. The maximum absolute atomic E-state index is 11.4. The predicted octanol–water partition coefficient (Wildman–Crippen LogP) is 1.79. The van der Waals surface area contributed by atoms with Crippen LogP contribution in [0.1, 0.15) is 24.1 Å². The van der Waals surface area contributed by atoms with Crippen LogP contribution in [0.3, 0.4) is 0 Å². The molecule has 2 rings (SSSR count). The van der Waals surface area contributed by atoms with E-state index in [4.69, 9.17) is 0 Å². The van der Waals surface area contributed by atoms with E-state index in [9.17, 15) is 9.90 Å². The van der Waals surface area contributed by atoms with Crippen molar-refractivity contribution in [2.75, 3.05) is 6.54 Å². The Bertz CT molecular complexity index is 380. The number of nitrogens with one attached hydrogen (secondary N) is 1. The minimum Gasteiger partial charge on any atom is -0.388 e. The maximum atomic E-state index is 11.4. The molecule has 4 heteroatoms. The summed E-state index contributed by atoms with van der Waals surface area (Å²) in [6, 6.07) is 3.90. The molecule has 0 aromatic carbocycles. The van der Waals surface area contributed by atoms with Crippen molar-refractivity contribution < 1.29 is 9.90 Å². The normalized spacial score (nSPS) is 18.3. The van der Waals surface area contributed by atoms with E-state index in [0.29, 0.717) is 6.54 Å². The molecule has 3 nitrogen and oxygen atoms in total. The molecule has 1 aromatic heterocycles. The molecule has 0 aliphatic heterocycles. The summed E-state index contributed by atoms with van der Waals surface area (Å²) in [6.45, 7) is 0.362. The Hall–Kier alpha value is -1.13. The van der Waals surface area contributed by atoms with Crippen LogP contribution < -0.4 is 5.32 Å². The summed E-state index contributed by atoms with van der Waals surface area (Å²) in [5, 5.41) is 14.5. The van der Waals surface area contributed by atoms with Crippen LogP contribution in [0.5, 0.6) is 0 Å². The van der Waals surface area contributed by atoms with Crippen LogP contribution in [0.4, 0.5) is 0 Å². The van der Waals surface area contributed by atoms with Crippen molar-refractivity contribution in [3.05, 3.63) is 28.5 Å². The van der Waals surface area contributed by atoms with Gasteiger partial charge in [0.05, 0.1) is 5.60 Å². The fraction of sp³-hybridized carbons (Fsp3) is 0.417. The first kappa shape index (κ1) is 11.4. The molecule has 0 radical (unpaired) electrons. The van der Waals surface area contributed by atoms with E-state index >= 15 is 0 Å². The van der Waals surface area contributed by atoms with E-state index in [-0.39, 0.29) is 5.91 Å². The van der Waals surface area contributed by atoms with E-state index in [0.717, 1.165) is 24.1 Å². The predicted molar refractivity (Wildman–Crippen MR) is 65.2 cm³/mol. The molecule has 86 valence electrons. The van der Waals surface area contributed by atoms with Crippen molar-refractivity contribution in [1.82, 2.24) is 5.32 Å². The van der Waals surface area contributed by atoms with Gasteiger partial charge in [0.25, 0.3) is 0 Å². The van der Waals surface area contributed by atoms with Gasteiger partial charge in [-0.3, -0.25) is 4.79 Å². The second-order valence-electron chi connectivity index (χ2n) is 4.14. The van der Waals surface area contributed by atoms with Gasteiger partial charge in [0.15, 0.2) is 0 Å². The number of rotatable bonds is 4. The number of aliphatic hydroxyl groups is 1. The zero-order valence-corrected chi connectivity index (χ0v) is 9.80. The monoisotopic (exact) mass is 237 g/mol. The van der Waals surface area contributed by atoms with Crippen LogP contribution in [0, 0.1) is 0 Å². The SMILES string of the molecule is O=C(/C=C/c1cccs1)NCC1(O)CCC1. The van der Waals surface area contributed by atoms with Crippen LogP contribution in [0.15, 0.2) is 23.6 Å². The lowest BCUT2D eigenvalue weighted by molar-refractivity contribution is -0.118. The highest BCUT2D eigenvalue weighted by Crippen LogP contribution is 2.30. The molecule has 2 N–H and O–H groups in total. The third-order valence-corrected chi connectivity index (χ3v) is 3.66. The summed E-state index contributed by atoms with van der Waals surface area (Å²) in [6.07, 6.45) is 5.93. The highest BCUT2D eigenvalue weighted by molar-refractivity contribution is 7.10. The number of carbonyl (C=O) groups excluding carboxylic acids is 1. The van der Waals surface area contributed by atoms with Gasteiger partial charge in [-0.05, 0) is 36.8 Å². The average Bonchev–Trinajstić information content (AvgIpc) is 2.73. The Morgan fingerprint density at radius 1 is 1.62 bits per heavy atom. The van der Waals surface area contributed by atoms with Crippen molar-refractivity contribution in [3.8, 4) is 0 Å². The zero-order valence-electron chi connectivity index (χ0n) is 8.98. The van der Waals surface area contributed by atoms with Crippen molar-refractivity contribution in [1.29, 1.82) is 0 Å². The van der Waals surface area contributed by atoms with Gasteiger partial charge in [-0.15, -0.1) is 11.3 Å². The number of amides is 1. The molecule has 1 saturated carbocycles. The number of hydrogen-bond acceptors (Lipinski definition) is 3. The molecule has 1 aromatic rings. The van der Waals surface area contributed by atoms with Crippen LogP contribution in [-0.4, -0.2) is 23.2 Å². The van der Waals surface area contributed by atoms with Crippen LogP contribution >= 0.6 is 11.3 Å². The van der Waals surface area contributed by atoms with Gasteiger partial charge in [0.1, 0.15) is 0 Å². The first-order chi connectivity index (χ1) is 7.68. The van der Waals surface area contributed by atoms with Gasteiger partial charge in [-0.2, -0.15) is 0 Å². The van der Waals surface area contributed by atoms with Crippen molar-refractivity contribution in [2.45, 2.75) is 24.9 Å². The summed E-state index contributed by atoms with van der Waals surface area (Å²) in [5.41, 5.74) is -0.646. The maximum Gasteiger partial charge on any atom is 0.244 e. The lowest BCUT2D eigenvalue weighted by Gasteiger charge is -2.36. The minimum atomic E-state index is -0.646. The topological polar surface area (TPSA) is 49.3 Å². The molecular weight excluding hydrogens is 222 g/mol. The third-order valence-electron chi connectivity index (χ3n) is 2.82. The van der Waals surface area contributed by atoms with Gasteiger partial charge >= 0.3 is 0 Å². The summed E-state index contributed by atoms with van der Waals surface area (Å²) < 4.78 is 0. The van der Waals surface area contributed by atoms with Gasteiger partial charge in [-0.1, -0.05) is 6.07 Å². The fourth-order valence-corrected chi connectivity index (χ4v) is 2.23. The first-order valence-corrected chi connectivity index (χ1v) is 6.28. The van der Waals surface area contributed by atoms with Crippen molar-refractivity contribution >= 4 is 23.3 Å². The Kier molecular flexibility index (Phi) is 3.41. The molecule has 0 atom stereocenters. The van der Waals surface area contributed by atoms with E-state index in [2.05, 4.69) is 5.32 Å². The Labute approximate surface area is 98.8 Å². The Balaban J connectivity index is 1.76. The molecule has 0 bridgehead atoms. The standard InChI is InChI=1S/C12H15NO2S/c14-11(5-4-10-3-1-8-16-10)13-9-12(15)6-2-7-12/h1,3-5,8,15H,2,6-7,9H2,(H,13,14)/b5-4+. The summed E-state index contributed by atoms with van der Waals surface area (Å²) >= 11 is 1.59. The number of carbonyl (C=O) groups is 1. The molecule has 1 heterocycles. The Morgan fingerprint density at radius 3 is 3.00 bits per heavy atom. The number of hydrogen-bond donors (Lipinski definition) is 2. The van der Waals surface area contributed by atoms with Gasteiger partial charge in [0, 0.05) is 17.5 Å². The second-order valence-corrected chi connectivity index (χ2v) is 5.12. The van der Waals surface area contributed by atoms with E-state index in [1.165, 1.54) is 6.08 Å². The number of thiophene rings is 1. The molecule has 16 heavy (non-hydrogen) atoms. The second kappa shape index (κ2) is 4.80. The lowest BCUT2D eigenvalue weighted by Crippen LogP contribution is -2.47. The molecular formula is C12H15NO2S. The van der Waals surface area contributed by atoms with E-state index in [1.807, 2.05) is 17.5 Å². The Morgan fingerprint density at radius 2 is 2.44 bits per heavy atom. The van der Waals surface area contributed by atoms with Gasteiger partial charge < -0.3 is 10.4 Å². The molecule has 1 aliphatic rings. The first-order valence-electron chi connectivity index (χ1n) is 5.40. The van der Waals surface area contributed by atoms with Gasteiger partial charge in [0.2, 0.25) is 5.91 Å². The smallest absolute Gasteiger partial charge is 0.244 e. The minimum absolute atomic E-state index is 0.145. The van der Waals surface area contributed by atoms with Crippen LogP contribution in [-0.2, 0) is 4.79 Å². The lowest BCUT2D eigenvalue weighted by atomic mass is 9.80. The largest absolute Gasteiger partial charge is 0.388 e. The van der Waals surface area contributed by atoms with E-state index in [1.54, 1.807) is 17.4 Å². The molecule has 1 amide bonds. The van der Waals surface area contributed by atoms with Crippen LogP contribution in [0.2, 0.25) is 0 Å². The molecule has 1 fully saturated rings. The third kappa shape index (κ3) is 2.93. The van der Waals surface area contributed by atoms with Crippen molar-refractivity contribution in [3.63, 3.8) is 0 Å².